The van der Waals surface area contributed by atoms with Crippen LogP contribution in [0.3, 0.4) is 0 Å². The second-order valence-electron chi connectivity index (χ2n) is 5.43. The van der Waals surface area contributed by atoms with Gasteiger partial charge in [0, 0.05) is 37.6 Å². The van der Waals surface area contributed by atoms with Crippen LogP contribution in [0.1, 0.15) is 17.4 Å². The van der Waals surface area contributed by atoms with E-state index in [0.29, 0.717) is 19.5 Å². The fourth-order valence-electron chi connectivity index (χ4n) is 2.60. The summed E-state index contributed by atoms with van der Waals surface area (Å²) in [5.74, 6) is -1.48. The molecule has 0 aromatic carbocycles. The summed E-state index contributed by atoms with van der Waals surface area (Å²) in [6.07, 6.45) is 0.0923. The second-order valence-corrected chi connectivity index (χ2v) is 5.43. The van der Waals surface area contributed by atoms with E-state index in [9.17, 15) is 18.3 Å². The van der Waals surface area contributed by atoms with Gasteiger partial charge in [0.15, 0.2) is 0 Å². The summed E-state index contributed by atoms with van der Waals surface area (Å²) >= 11 is 0. The van der Waals surface area contributed by atoms with Crippen LogP contribution in [0.4, 0.5) is 13.2 Å². The molecule has 7 nitrogen and oxygen atoms in total. The van der Waals surface area contributed by atoms with Gasteiger partial charge < -0.3 is 9.63 Å². The predicted octanol–water partition coefficient (Wildman–Crippen LogP) is 0.914. The summed E-state index contributed by atoms with van der Waals surface area (Å²) in [6, 6.07) is 0. The van der Waals surface area contributed by atoms with E-state index in [4.69, 9.17) is 0 Å². The maximum atomic E-state index is 12.4. The van der Waals surface area contributed by atoms with Crippen molar-refractivity contribution in [1.82, 2.24) is 25.0 Å². The van der Waals surface area contributed by atoms with E-state index < -0.39 is 18.1 Å². The summed E-state index contributed by atoms with van der Waals surface area (Å²) in [6.45, 7) is 0.896. The van der Waals surface area contributed by atoms with Crippen molar-refractivity contribution in [1.29, 1.82) is 0 Å². The van der Waals surface area contributed by atoms with Crippen molar-refractivity contribution >= 4 is 0 Å². The third-order valence-corrected chi connectivity index (χ3v) is 3.65. The standard InChI is InChI=1S/C13H14F3N5O2/c14-13(15,16)12-19-11(23-20-12)7-21-5-8(10(22)6-21)3-9-4-17-1-2-18-9/h1-2,4,8,10,22H,3,5-7H2/t8-,10-/m1/s1. The Kier molecular flexibility index (Phi) is 4.26. The molecule has 10 heteroatoms. The fraction of sp³-hybridized carbons (Fsp3) is 0.538. The summed E-state index contributed by atoms with van der Waals surface area (Å²) in [5.41, 5.74) is 0.760. The molecule has 23 heavy (non-hydrogen) atoms. The van der Waals surface area contributed by atoms with Crippen LogP contribution in [0.15, 0.2) is 23.1 Å². The van der Waals surface area contributed by atoms with Crippen LogP contribution in [0.5, 0.6) is 0 Å². The third-order valence-electron chi connectivity index (χ3n) is 3.65. The van der Waals surface area contributed by atoms with Gasteiger partial charge in [-0.15, -0.1) is 0 Å². The molecular formula is C13H14F3N5O2. The second kappa shape index (κ2) is 6.20. The van der Waals surface area contributed by atoms with Crippen molar-refractivity contribution in [2.75, 3.05) is 13.1 Å². The van der Waals surface area contributed by atoms with E-state index in [2.05, 4.69) is 24.6 Å². The molecule has 124 valence electrons. The average molecular weight is 329 g/mol. The Labute approximate surface area is 129 Å². The molecule has 1 aliphatic rings. The first-order valence-corrected chi connectivity index (χ1v) is 6.97. The third kappa shape index (κ3) is 3.82. The molecule has 0 amide bonds. The van der Waals surface area contributed by atoms with Gasteiger partial charge in [-0.3, -0.25) is 14.9 Å². The van der Waals surface area contributed by atoms with Crippen LogP contribution in [0.25, 0.3) is 0 Å². The van der Waals surface area contributed by atoms with Crippen LogP contribution < -0.4 is 0 Å². The number of aliphatic hydroxyl groups is 1. The molecule has 0 bridgehead atoms. The van der Waals surface area contributed by atoms with E-state index >= 15 is 0 Å². The van der Waals surface area contributed by atoms with Gasteiger partial charge in [-0.25, -0.2) is 0 Å². The maximum Gasteiger partial charge on any atom is 0.455 e. The normalized spacial score (nSPS) is 22.6. The van der Waals surface area contributed by atoms with Crippen LogP contribution in [0.2, 0.25) is 0 Å². The molecule has 3 rings (SSSR count). The number of aromatic nitrogens is 4. The number of halogens is 3. The first kappa shape index (κ1) is 15.8. The van der Waals surface area contributed by atoms with Crippen LogP contribution in [-0.2, 0) is 19.1 Å². The molecule has 0 aliphatic carbocycles. The van der Waals surface area contributed by atoms with Gasteiger partial charge >= 0.3 is 6.18 Å². The number of likely N-dealkylation sites (tertiary alicyclic amines) is 1. The van der Waals surface area contributed by atoms with Crippen molar-refractivity contribution in [3.63, 3.8) is 0 Å². The number of β-amino-alcohol motifs (C(OH)–C–C–N with tert-alkyl or cyclic N) is 1. The Morgan fingerprint density at radius 2 is 2.13 bits per heavy atom. The fourth-order valence-corrected chi connectivity index (χ4v) is 2.60. The molecule has 0 spiro atoms. The maximum absolute atomic E-state index is 12.4. The van der Waals surface area contributed by atoms with Crippen molar-refractivity contribution < 1.29 is 22.8 Å². The zero-order chi connectivity index (χ0) is 16.4. The Hall–Kier alpha value is -2.07. The quantitative estimate of drug-likeness (QED) is 0.892. The SMILES string of the molecule is O[C@@H]1CN(Cc2nc(C(F)(F)F)no2)C[C@H]1Cc1cnccn1. The van der Waals surface area contributed by atoms with Crippen LogP contribution in [-0.4, -0.2) is 49.3 Å². The zero-order valence-electron chi connectivity index (χ0n) is 11.9. The molecule has 1 aliphatic heterocycles. The number of aliphatic hydroxyl groups excluding tert-OH is 1. The molecule has 0 unspecified atom stereocenters. The lowest BCUT2D eigenvalue weighted by Gasteiger charge is -2.13. The van der Waals surface area contributed by atoms with E-state index in [1.807, 2.05) is 0 Å². The van der Waals surface area contributed by atoms with Gasteiger partial charge in [0.05, 0.1) is 18.3 Å². The summed E-state index contributed by atoms with van der Waals surface area (Å²) in [7, 11) is 0. The van der Waals surface area contributed by atoms with E-state index in [1.165, 1.54) is 0 Å². The molecule has 2 atom stereocenters. The smallest absolute Gasteiger partial charge is 0.391 e. The zero-order valence-corrected chi connectivity index (χ0v) is 11.9. The molecule has 1 saturated heterocycles. The molecule has 2 aromatic heterocycles. The first-order valence-electron chi connectivity index (χ1n) is 6.97. The lowest BCUT2D eigenvalue weighted by atomic mass is 10.0. The van der Waals surface area contributed by atoms with Gasteiger partial charge in [-0.2, -0.15) is 18.2 Å². The van der Waals surface area contributed by atoms with Gasteiger partial charge in [0.25, 0.3) is 5.82 Å². The Morgan fingerprint density at radius 1 is 1.30 bits per heavy atom. The number of hydrogen-bond donors (Lipinski definition) is 1. The molecule has 1 fully saturated rings. The number of rotatable bonds is 4. The predicted molar refractivity (Wildman–Crippen MR) is 69.8 cm³/mol. The topological polar surface area (TPSA) is 88.2 Å². The molecule has 3 heterocycles. The summed E-state index contributed by atoms with van der Waals surface area (Å²) < 4.78 is 41.9. The van der Waals surface area contributed by atoms with Crippen LogP contribution in [0, 0.1) is 5.92 Å². The average Bonchev–Trinajstić information content (AvgIpc) is 3.08. The Morgan fingerprint density at radius 3 is 2.78 bits per heavy atom. The molecule has 0 radical (unpaired) electrons. The van der Waals surface area contributed by atoms with E-state index in [1.54, 1.807) is 23.5 Å². The molecular weight excluding hydrogens is 315 g/mol. The number of hydrogen-bond acceptors (Lipinski definition) is 7. The van der Waals surface area contributed by atoms with E-state index in [0.717, 1.165) is 5.69 Å². The minimum Gasteiger partial charge on any atom is -0.391 e. The highest BCUT2D eigenvalue weighted by Crippen LogP contribution is 2.27. The number of alkyl halides is 3. The molecule has 0 saturated carbocycles. The molecule has 1 N–H and O–H groups in total. The first-order chi connectivity index (χ1) is 10.9. The van der Waals surface area contributed by atoms with Crippen molar-refractivity contribution in [3.05, 3.63) is 36.0 Å². The highest BCUT2D eigenvalue weighted by molar-refractivity contribution is 5.00. The van der Waals surface area contributed by atoms with Gasteiger partial charge in [0.2, 0.25) is 5.89 Å². The highest BCUT2D eigenvalue weighted by Gasteiger charge is 2.38. The largest absolute Gasteiger partial charge is 0.455 e. The molecule has 2 aromatic rings. The Balaban J connectivity index is 1.59. The lowest BCUT2D eigenvalue weighted by Crippen LogP contribution is -2.21. The number of nitrogens with zero attached hydrogens (tertiary/aromatic N) is 5. The van der Waals surface area contributed by atoms with Crippen LogP contribution >= 0.6 is 0 Å². The minimum atomic E-state index is -4.62. The van der Waals surface area contributed by atoms with Crippen molar-refractivity contribution in [3.8, 4) is 0 Å². The van der Waals surface area contributed by atoms with E-state index in [-0.39, 0.29) is 18.4 Å². The van der Waals surface area contributed by atoms with Gasteiger partial charge in [-0.1, -0.05) is 5.16 Å². The monoisotopic (exact) mass is 329 g/mol. The lowest BCUT2D eigenvalue weighted by molar-refractivity contribution is -0.146. The highest BCUT2D eigenvalue weighted by atomic mass is 19.4. The van der Waals surface area contributed by atoms with Gasteiger partial charge in [-0.05, 0) is 6.42 Å². The van der Waals surface area contributed by atoms with Crippen molar-refractivity contribution in [2.45, 2.75) is 25.2 Å². The van der Waals surface area contributed by atoms with Crippen molar-refractivity contribution in [2.24, 2.45) is 5.92 Å². The summed E-state index contributed by atoms with van der Waals surface area (Å²) in [5, 5.41) is 13.0. The minimum absolute atomic E-state index is 0.0666. The summed E-state index contributed by atoms with van der Waals surface area (Å²) in [4.78, 5) is 13.2. The van der Waals surface area contributed by atoms with Gasteiger partial charge in [0.1, 0.15) is 0 Å². The Bertz CT molecular complexity index is 649.